The number of thiazole rings is 1. The van der Waals surface area contributed by atoms with Gasteiger partial charge in [0.2, 0.25) is 0 Å². The minimum atomic E-state index is 0.514. The lowest BCUT2D eigenvalue weighted by Gasteiger charge is -2.21. The van der Waals surface area contributed by atoms with Crippen molar-refractivity contribution in [2.75, 3.05) is 6.54 Å². The molecule has 1 aromatic heterocycles. The summed E-state index contributed by atoms with van der Waals surface area (Å²) in [5.41, 5.74) is 5.33. The second kappa shape index (κ2) is 5.66. The highest BCUT2D eigenvalue weighted by Gasteiger charge is 2.24. The second-order valence-corrected chi connectivity index (χ2v) is 6.61. The van der Waals surface area contributed by atoms with Gasteiger partial charge in [0.15, 0.2) is 0 Å². The molecular formula is C17H22N2S. The lowest BCUT2D eigenvalue weighted by molar-refractivity contribution is 0.476. The van der Waals surface area contributed by atoms with E-state index < -0.39 is 0 Å². The standard InChI is InChI=1S/C17H22N2S/c1-4-18-14-9-6-10-15-16(14)20-17(19-15)13-8-5-7-11(2)12(13)3/h5,7-8,14,18H,4,6,9-10H2,1-3H3. The van der Waals surface area contributed by atoms with Crippen molar-refractivity contribution in [1.29, 1.82) is 0 Å². The average molecular weight is 286 g/mol. The highest BCUT2D eigenvalue weighted by Crippen LogP contribution is 2.39. The summed E-state index contributed by atoms with van der Waals surface area (Å²) in [4.78, 5) is 6.40. The molecule has 0 amide bonds. The third-order valence-corrected chi connectivity index (χ3v) is 5.48. The molecular weight excluding hydrogens is 264 g/mol. The normalized spacial score (nSPS) is 18.1. The Labute approximate surface area is 125 Å². The molecule has 1 aliphatic carbocycles. The molecule has 0 fully saturated rings. The van der Waals surface area contributed by atoms with Gasteiger partial charge in [-0.25, -0.2) is 4.98 Å². The maximum atomic E-state index is 4.93. The lowest BCUT2D eigenvalue weighted by Crippen LogP contribution is -2.23. The van der Waals surface area contributed by atoms with E-state index in [9.17, 15) is 0 Å². The maximum Gasteiger partial charge on any atom is 0.124 e. The summed E-state index contributed by atoms with van der Waals surface area (Å²) in [5.74, 6) is 0. The predicted octanol–water partition coefficient (Wildman–Crippen LogP) is 4.41. The summed E-state index contributed by atoms with van der Waals surface area (Å²) in [5, 5.41) is 4.80. The number of fused-ring (bicyclic) bond motifs is 1. The molecule has 1 N–H and O–H groups in total. The summed E-state index contributed by atoms with van der Waals surface area (Å²) in [6, 6.07) is 7.03. The first kappa shape index (κ1) is 13.8. The van der Waals surface area contributed by atoms with Gasteiger partial charge in [0.1, 0.15) is 5.01 Å². The topological polar surface area (TPSA) is 24.9 Å². The highest BCUT2D eigenvalue weighted by atomic mass is 32.1. The van der Waals surface area contributed by atoms with Crippen LogP contribution in [-0.4, -0.2) is 11.5 Å². The number of nitrogens with zero attached hydrogens (tertiary/aromatic N) is 1. The van der Waals surface area contributed by atoms with Crippen LogP contribution in [0.25, 0.3) is 10.6 Å². The zero-order valence-corrected chi connectivity index (χ0v) is 13.3. The molecule has 1 atom stereocenters. The van der Waals surface area contributed by atoms with Crippen LogP contribution >= 0.6 is 11.3 Å². The number of nitrogens with one attached hydrogen (secondary N) is 1. The van der Waals surface area contributed by atoms with Gasteiger partial charge in [-0.15, -0.1) is 11.3 Å². The Bertz CT molecular complexity index is 615. The Balaban J connectivity index is 2.02. The number of benzene rings is 1. The van der Waals surface area contributed by atoms with Crippen molar-refractivity contribution in [3.8, 4) is 10.6 Å². The Morgan fingerprint density at radius 2 is 2.20 bits per heavy atom. The molecule has 1 aromatic carbocycles. The van der Waals surface area contributed by atoms with Crippen LogP contribution < -0.4 is 5.32 Å². The van der Waals surface area contributed by atoms with Crippen molar-refractivity contribution < 1.29 is 0 Å². The van der Waals surface area contributed by atoms with Crippen molar-refractivity contribution in [3.05, 3.63) is 39.9 Å². The first-order valence-electron chi connectivity index (χ1n) is 7.50. The Morgan fingerprint density at radius 3 is 3.00 bits per heavy atom. The van der Waals surface area contributed by atoms with Gasteiger partial charge in [0, 0.05) is 16.5 Å². The smallest absolute Gasteiger partial charge is 0.124 e. The van der Waals surface area contributed by atoms with Gasteiger partial charge >= 0.3 is 0 Å². The van der Waals surface area contributed by atoms with E-state index in [4.69, 9.17) is 4.98 Å². The number of aromatic nitrogens is 1. The molecule has 0 bridgehead atoms. The summed E-state index contributed by atoms with van der Waals surface area (Å²) < 4.78 is 0. The molecule has 1 heterocycles. The van der Waals surface area contributed by atoms with Crippen LogP contribution in [0.5, 0.6) is 0 Å². The number of rotatable bonds is 3. The zero-order valence-electron chi connectivity index (χ0n) is 12.5. The molecule has 0 spiro atoms. The largest absolute Gasteiger partial charge is 0.309 e. The van der Waals surface area contributed by atoms with Crippen molar-refractivity contribution >= 4 is 11.3 Å². The molecule has 0 aliphatic heterocycles. The van der Waals surface area contributed by atoms with Crippen LogP contribution in [0.15, 0.2) is 18.2 Å². The molecule has 3 rings (SSSR count). The highest BCUT2D eigenvalue weighted by molar-refractivity contribution is 7.15. The average Bonchev–Trinajstić information content (AvgIpc) is 2.87. The predicted molar refractivity (Wildman–Crippen MR) is 86.4 cm³/mol. The van der Waals surface area contributed by atoms with Crippen molar-refractivity contribution in [2.24, 2.45) is 0 Å². The molecule has 0 radical (unpaired) electrons. The summed E-state index contributed by atoms with van der Waals surface area (Å²) in [6.07, 6.45) is 3.63. The van der Waals surface area contributed by atoms with Gasteiger partial charge < -0.3 is 5.32 Å². The third-order valence-electron chi connectivity index (χ3n) is 4.24. The number of hydrogen-bond acceptors (Lipinski definition) is 3. The van der Waals surface area contributed by atoms with Crippen molar-refractivity contribution in [1.82, 2.24) is 10.3 Å². The van der Waals surface area contributed by atoms with Crippen LogP contribution in [0.3, 0.4) is 0 Å². The molecule has 3 heteroatoms. The first-order valence-corrected chi connectivity index (χ1v) is 8.32. The second-order valence-electron chi connectivity index (χ2n) is 5.58. The fraction of sp³-hybridized carbons (Fsp3) is 0.471. The van der Waals surface area contributed by atoms with Gasteiger partial charge in [-0.05, 0) is 50.8 Å². The molecule has 106 valence electrons. The van der Waals surface area contributed by atoms with Gasteiger partial charge in [-0.3, -0.25) is 0 Å². The minimum Gasteiger partial charge on any atom is -0.309 e. The molecule has 0 saturated heterocycles. The summed E-state index contributed by atoms with van der Waals surface area (Å²) >= 11 is 1.89. The van der Waals surface area contributed by atoms with Crippen LogP contribution in [0.1, 0.15) is 47.5 Å². The van der Waals surface area contributed by atoms with E-state index in [-0.39, 0.29) is 0 Å². The molecule has 1 aliphatic rings. The van der Waals surface area contributed by atoms with Gasteiger partial charge in [0.05, 0.1) is 5.69 Å². The molecule has 2 aromatic rings. The Morgan fingerprint density at radius 1 is 1.35 bits per heavy atom. The third kappa shape index (κ3) is 2.40. The van der Waals surface area contributed by atoms with E-state index >= 15 is 0 Å². The van der Waals surface area contributed by atoms with Crippen LogP contribution in [0.4, 0.5) is 0 Å². The van der Waals surface area contributed by atoms with E-state index in [1.165, 1.54) is 45.1 Å². The summed E-state index contributed by atoms with van der Waals surface area (Å²) in [6.45, 7) is 7.59. The molecule has 0 saturated carbocycles. The minimum absolute atomic E-state index is 0.514. The van der Waals surface area contributed by atoms with Gasteiger partial charge in [0.25, 0.3) is 0 Å². The Kier molecular flexibility index (Phi) is 3.90. The van der Waals surface area contributed by atoms with Crippen molar-refractivity contribution in [2.45, 2.75) is 46.1 Å². The fourth-order valence-electron chi connectivity index (χ4n) is 2.96. The Hall–Kier alpha value is -1.19. The quantitative estimate of drug-likeness (QED) is 0.903. The van der Waals surface area contributed by atoms with E-state index in [0.29, 0.717) is 6.04 Å². The van der Waals surface area contributed by atoms with Crippen molar-refractivity contribution in [3.63, 3.8) is 0 Å². The maximum absolute atomic E-state index is 4.93. The molecule has 20 heavy (non-hydrogen) atoms. The van der Waals surface area contributed by atoms with Gasteiger partial charge in [-0.2, -0.15) is 0 Å². The van der Waals surface area contributed by atoms with E-state index in [0.717, 1.165) is 13.0 Å². The monoisotopic (exact) mass is 286 g/mol. The zero-order chi connectivity index (χ0) is 14.1. The molecule has 1 unspecified atom stereocenters. The molecule has 2 nitrogen and oxygen atoms in total. The number of hydrogen-bond donors (Lipinski definition) is 1. The van der Waals surface area contributed by atoms with E-state index in [1.54, 1.807) is 0 Å². The number of aryl methyl sites for hydroxylation is 2. The lowest BCUT2D eigenvalue weighted by atomic mass is 9.98. The van der Waals surface area contributed by atoms with Crippen LogP contribution in [0, 0.1) is 13.8 Å². The summed E-state index contributed by atoms with van der Waals surface area (Å²) in [7, 11) is 0. The van der Waals surface area contributed by atoms with Crippen LogP contribution in [0.2, 0.25) is 0 Å². The van der Waals surface area contributed by atoms with E-state index in [1.807, 2.05) is 11.3 Å². The first-order chi connectivity index (χ1) is 9.70. The SMILES string of the molecule is CCNC1CCCc2nc(-c3cccc(C)c3C)sc21. The van der Waals surface area contributed by atoms with Gasteiger partial charge in [-0.1, -0.05) is 25.1 Å². The van der Waals surface area contributed by atoms with E-state index in [2.05, 4.69) is 44.3 Å². The van der Waals surface area contributed by atoms with Crippen LogP contribution in [-0.2, 0) is 6.42 Å². The fourth-order valence-corrected chi connectivity index (χ4v) is 4.26.